The highest BCUT2D eigenvalue weighted by Crippen LogP contribution is 2.28. The molecule has 1 heterocycles. The third-order valence-corrected chi connectivity index (χ3v) is 2.17. The number of aromatic nitrogens is 1. The first kappa shape index (κ1) is 10.4. The van der Waals surface area contributed by atoms with Crippen LogP contribution in [0.1, 0.15) is 0 Å². The molecule has 0 radical (unpaired) electrons. The molecule has 1 aromatic heterocycles. The van der Waals surface area contributed by atoms with Gasteiger partial charge in [0, 0.05) is 23.5 Å². The second-order valence-corrected chi connectivity index (χ2v) is 3.22. The number of ether oxygens (including phenoxy) is 1. The van der Waals surface area contributed by atoms with Gasteiger partial charge in [0.2, 0.25) is 0 Å². The zero-order valence-corrected chi connectivity index (χ0v) is 8.67. The molecular formula is C13H11NO2. The van der Waals surface area contributed by atoms with Crippen molar-refractivity contribution in [2.75, 3.05) is 6.61 Å². The lowest BCUT2D eigenvalue weighted by Gasteiger charge is -2.08. The maximum atomic E-state index is 10.3. The van der Waals surface area contributed by atoms with E-state index in [2.05, 4.69) is 4.98 Å². The van der Waals surface area contributed by atoms with Crippen LogP contribution < -0.4 is 4.74 Å². The molecule has 1 aromatic carbocycles. The number of para-hydroxylation sites is 1. The molecule has 3 nitrogen and oxygen atoms in total. The highest BCUT2D eigenvalue weighted by molar-refractivity contribution is 5.69. The first-order valence-corrected chi connectivity index (χ1v) is 4.97. The zero-order valence-electron chi connectivity index (χ0n) is 8.67. The van der Waals surface area contributed by atoms with Crippen LogP contribution in [0.25, 0.3) is 11.1 Å². The lowest BCUT2D eigenvalue weighted by Crippen LogP contribution is -1.99. The lowest BCUT2D eigenvalue weighted by atomic mass is 10.1. The van der Waals surface area contributed by atoms with Gasteiger partial charge in [-0.3, -0.25) is 9.78 Å². The number of hydrogen-bond acceptors (Lipinski definition) is 3. The van der Waals surface area contributed by atoms with Crippen molar-refractivity contribution in [3.05, 3.63) is 48.8 Å². The van der Waals surface area contributed by atoms with Crippen LogP contribution in [0.5, 0.6) is 5.75 Å². The van der Waals surface area contributed by atoms with Crippen molar-refractivity contribution >= 4 is 6.29 Å². The topological polar surface area (TPSA) is 39.2 Å². The fraction of sp³-hybridized carbons (Fsp3) is 0.0769. The van der Waals surface area contributed by atoms with Gasteiger partial charge in [-0.2, -0.15) is 0 Å². The Morgan fingerprint density at radius 1 is 1.19 bits per heavy atom. The van der Waals surface area contributed by atoms with E-state index in [9.17, 15) is 4.79 Å². The van der Waals surface area contributed by atoms with Gasteiger partial charge < -0.3 is 4.74 Å². The minimum Gasteiger partial charge on any atom is -0.485 e. The van der Waals surface area contributed by atoms with Crippen LogP contribution in [0, 0.1) is 0 Å². The monoisotopic (exact) mass is 213 g/mol. The van der Waals surface area contributed by atoms with Crippen molar-refractivity contribution in [2.24, 2.45) is 0 Å². The number of benzene rings is 1. The van der Waals surface area contributed by atoms with E-state index in [1.807, 2.05) is 36.4 Å². The van der Waals surface area contributed by atoms with Gasteiger partial charge in [0.05, 0.1) is 0 Å². The normalized spacial score (nSPS) is 9.75. The molecule has 0 aliphatic heterocycles. The molecule has 0 N–H and O–H groups in total. The molecule has 0 aliphatic rings. The van der Waals surface area contributed by atoms with Crippen LogP contribution in [0.2, 0.25) is 0 Å². The van der Waals surface area contributed by atoms with Crippen LogP contribution in [-0.2, 0) is 4.79 Å². The molecule has 0 amide bonds. The third kappa shape index (κ3) is 2.25. The second-order valence-electron chi connectivity index (χ2n) is 3.22. The first-order valence-electron chi connectivity index (χ1n) is 4.97. The number of aldehydes is 1. The largest absolute Gasteiger partial charge is 0.485 e. The summed E-state index contributed by atoms with van der Waals surface area (Å²) in [7, 11) is 0. The fourth-order valence-corrected chi connectivity index (χ4v) is 1.48. The summed E-state index contributed by atoms with van der Waals surface area (Å²) in [4.78, 5) is 14.3. The Labute approximate surface area is 93.7 Å². The summed E-state index contributed by atoms with van der Waals surface area (Å²) in [5.74, 6) is 0.697. The molecule has 0 saturated heterocycles. The lowest BCUT2D eigenvalue weighted by molar-refractivity contribution is -0.109. The third-order valence-electron chi connectivity index (χ3n) is 2.17. The summed E-state index contributed by atoms with van der Waals surface area (Å²) in [6, 6.07) is 11.4. The molecule has 80 valence electrons. The average Bonchev–Trinajstić information content (AvgIpc) is 2.38. The predicted molar refractivity (Wildman–Crippen MR) is 61.2 cm³/mol. The molecule has 0 saturated carbocycles. The Morgan fingerprint density at radius 3 is 2.81 bits per heavy atom. The summed E-state index contributed by atoms with van der Waals surface area (Å²) in [5, 5.41) is 0. The summed E-state index contributed by atoms with van der Waals surface area (Å²) < 4.78 is 5.34. The number of pyridine rings is 1. The minimum absolute atomic E-state index is 0.0667. The molecule has 0 atom stereocenters. The van der Waals surface area contributed by atoms with Crippen LogP contribution >= 0.6 is 0 Å². The van der Waals surface area contributed by atoms with E-state index < -0.39 is 0 Å². The summed E-state index contributed by atoms with van der Waals surface area (Å²) in [6.07, 6.45) is 4.22. The van der Waals surface area contributed by atoms with Crippen LogP contribution in [0.3, 0.4) is 0 Å². The van der Waals surface area contributed by atoms with Crippen molar-refractivity contribution in [3.8, 4) is 16.9 Å². The number of nitrogens with zero attached hydrogens (tertiary/aromatic N) is 1. The number of rotatable bonds is 4. The van der Waals surface area contributed by atoms with Gasteiger partial charge >= 0.3 is 0 Å². The minimum atomic E-state index is 0.0667. The molecule has 0 aliphatic carbocycles. The van der Waals surface area contributed by atoms with E-state index >= 15 is 0 Å². The quantitative estimate of drug-likeness (QED) is 0.732. The molecule has 2 aromatic rings. The molecule has 16 heavy (non-hydrogen) atoms. The average molecular weight is 213 g/mol. The van der Waals surface area contributed by atoms with Crippen molar-refractivity contribution in [1.82, 2.24) is 4.98 Å². The van der Waals surface area contributed by atoms with Crippen molar-refractivity contribution in [1.29, 1.82) is 0 Å². The van der Waals surface area contributed by atoms with Crippen LogP contribution in [0.15, 0.2) is 48.8 Å². The Bertz CT molecular complexity index is 468. The molecule has 0 bridgehead atoms. The number of carbonyl (C=O) groups is 1. The van der Waals surface area contributed by atoms with Gasteiger partial charge in [-0.1, -0.05) is 24.3 Å². The van der Waals surface area contributed by atoms with E-state index in [1.54, 1.807) is 12.4 Å². The van der Waals surface area contributed by atoms with E-state index in [-0.39, 0.29) is 6.61 Å². The zero-order chi connectivity index (χ0) is 11.2. The highest BCUT2D eigenvalue weighted by atomic mass is 16.5. The highest BCUT2D eigenvalue weighted by Gasteiger charge is 2.04. The first-order chi connectivity index (χ1) is 7.92. The Morgan fingerprint density at radius 2 is 2.06 bits per heavy atom. The van der Waals surface area contributed by atoms with Gasteiger partial charge in [0.15, 0.2) is 6.29 Å². The van der Waals surface area contributed by atoms with Gasteiger partial charge in [-0.05, 0) is 12.1 Å². The van der Waals surface area contributed by atoms with Gasteiger partial charge in [-0.25, -0.2) is 0 Å². The molecule has 0 spiro atoms. The summed E-state index contributed by atoms with van der Waals surface area (Å²) in [5.41, 5.74) is 1.92. The Balaban J connectivity index is 2.36. The van der Waals surface area contributed by atoms with E-state index in [0.717, 1.165) is 17.4 Å². The van der Waals surface area contributed by atoms with Crippen LogP contribution in [-0.4, -0.2) is 17.9 Å². The maximum Gasteiger partial charge on any atom is 0.157 e. The molecule has 0 fully saturated rings. The van der Waals surface area contributed by atoms with Crippen molar-refractivity contribution in [2.45, 2.75) is 0 Å². The standard InChI is InChI=1S/C13H11NO2/c15-8-9-16-13-6-2-1-5-12(13)11-4-3-7-14-10-11/h1-8,10H,9H2. The van der Waals surface area contributed by atoms with E-state index in [0.29, 0.717) is 5.75 Å². The Hall–Kier alpha value is -2.16. The van der Waals surface area contributed by atoms with Crippen molar-refractivity contribution in [3.63, 3.8) is 0 Å². The fourth-order valence-electron chi connectivity index (χ4n) is 1.48. The van der Waals surface area contributed by atoms with E-state index in [1.165, 1.54) is 0 Å². The van der Waals surface area contributed by atoms with Gasteiger partial charge in [-0.15, -0.1) is 0 Å². The second kappa shape index (κ2) is 5.07. The number of carbonyl (C=O) groups excluding carboxylic acids is 1. The summed E-state index contributed by atoms with van der Waals surface area (Å²) >= 11 is 0. The molecule has 0 unspecified atom stereocenters. The maximum absolute atomic E-state index is 10.3. The molecule has 3 heteroatoms. The van der Waals surface area contributed by atoms with Crippen LogP contribution in [0.4, 0.5) is 0 Å². The van der Waals surface area contributed by atoms with Gasteiger partial charge in [0.1, 0.15) is 12.4 Å². The number of hydrogen-bond donors (Lipinski definition) is 0. The smallest absolute Gasteiger partial charge is 0.157 e. The van der Waals surface area contributed by atoms with Crippen molar-refractivity contribution < 1.29 is 9.53 Å². The summed E-state index contributed by atoms with van der Waals surface area (Å²) in [6.45, 7) is 0.0667. The predicted octanol–water partition coefficient (Wildman–Crippen LogP) is 2.33. The molecule has 2 rings (SSSR count). The molecular weight excluding hydrogens is 202 g/mol. The SMILES string of the molecule is O=CCOc1ccccc1-c1cccnc1. The van der Waals surface area contributed by atoms with Gasteiger partial charge in [0.25, 0.3) is 0 Å². The van der Waals surface area contributed by atoms with E-state index in [4.69, 9.17) is 4.74 Å². The Kier molecular flexibility index (Phi) is 3.28.